The highest BCUT2D eigenvalue weighted by Crippen LogP contribution is 2.09. The molecule has 0 radical (unpaired) electrons. The number of nitrogens with two attached hydrogens (primary N) is 1. The Balaban J connectivity index is 2.15. The fourth-order valence-electron chi connectivity index (χ4n) is 1.50. The van der Waals surface area contributed by atoms with E-state index >= 15 is 0 Å². The summed E-state index contributed by atoms with van der Waals surface area (Å²) < 4.78 is 28.2. The predicted molar refractivity (Wildman–Crippen MR) is 75.2 cm³/mol. The van der Waals surface area contributed by atoms with Gasteiger partial charge in [0.25, 0.3) is 0 Å². The third-order valence-corrected chi connectivity index (χ3v) is 3.79. The monoisotopic (exact) mass is 306 g/mol. The average molecular weight is 306 g/mol. The molecule has 3 N–H and O–H groups in total. The van der Waals surface area contributed by atoms with Crippen LogP contribution in [0.1, 0.15) is 11.4 Å². The Morgan fingerprint density at radius 2 is 2.24 bits per heavy atom. The molecule has 0 atom stereocenters. The van der Waals surface area contributed by atoms with Crippen molar-refractivity contribution in [1.29, 1.82) is 0 Å². The summed E-state index contributed by atoms with van der Waals surface area (Å²) in [4.78, 5) is 7.84. The van der Waals surface area contributed by atoms with Crippen LogP contribution in [0.25, 0.3) is 0 Å². The molecule has 2 rings (SSSR count). The van der Waals surface area contributed by atoms with Crippen molar-refractivity contribution in [2.24, 2.45) is 12.8 Å². The van der Waals surface area contributed by atoms with Gasteiger partial charge in [-0.3, -0.25) is 9.67 Å². The second kappa shape index (κ2) is 6.45. The average Bonchev–Trinajstić information content (AvgIpc) is 2.89. The van der Waals surface area contributed by atoms with Crippen molar-refractivity contribution in [3.05, 3.63) is 36.2 Å². The zero-order valence-corrected chi connectivity index (χ0v) is 12.1. The molecule has 110 valence electrons. The van der Waals surface area contributed by atoms with Gasteiger partial charge in [-0.1, -0.05) is 11.8 Å². The first-order chi connectivity index (χ1) is 10.0. The molecular formula is C12H14N6O2S. The van der Waals surface area contributed by atoms with E-state index in [1.807, 2.05) is 0 Å². The first-order valence-electron chi connectivity index (χ1n) is 5.99. The van der Waals surface area contributed by atoms with Gasteiger partial charge in [0.15, 0.2) is 5.82 Å². The summed E-state index contributed by atoms with van der Waals surface area (Å²) in [5.74, 6) is 5.76. The van der Waals surface area contributed by atoms with Crippen LogP contribution in [0.2, 0.25) is 0 Å². The molecule has 0 aromatic carbocycles. The number of hydrogen-bond donors (Lipinski definition) is 2. The van der Waals surface area contributed by atoms with Crippen molar-refractivity contribution in [2.75, 3.05) is 6.54 Å². The van der Waals surface area contributed by atoms with Crippen molar-refractivity contribution >= 4 is 10.0 Å². The number of aryl methyl sites for hydroxylation is 1. The second-order valence-electron chi connectivity index (χ2n) is 4.07. The van der Waals surface area contributed by atoms with E-state index in [1.54, 1.807) is 7.05 Å². The van der Waals surface area contributed by atoms with Crippen molar-refractivity contribution < 1.29 is 8.42 Å². The Morgan fingerprint density at radius 3 is 2.90 bits per heavy atom. The van der Waals surface area contributed by atoms with Crippen LogP contribution in [-0.2, 0) is 23.6 Å². The molecule has 0 aliphatic rings. The van der Waals surface area contributed by atoms with E-state index in [0.717, 1.165) is 0 Å². The summed E-state index contributed by atoms with van der Waals surface area (Å²) in [5, 5.41) is 3.99. The maximum absolute atomic E-state index is 12.2. The molecule has 2 aromatic heterocycles. The molecule has 0 aliphatic heterocycles. The number of nitrogens with one attached hydrogen (secondary N) is 1. The summed E-state index contributed by atoms with van der Waals surface area (Å²) in [6, 6.07) is 1.43. The van der Waals surface area contributed by atoms with Gasteiger partial charge >= 0.3 is 0 Å². The van der Waals surface area contributed by atoms with Crippen LogP contribution in [0.5, 0.6) is 0 Å². The molecule has 0 fully saturated rings. The lowest BCUT2D eigenvalue weighted by molar-refractivity contribution is 0.578. The third-order valence-electron chi connectivity index (χ3n) is 2.43. The summed E-state index contributed by atoms with van der Waals surface area (Å²) >= 11 is 0. The van der Waals surface area contributed by atoms with E-state index in [0.29, 0.717) is 11.4 Å². The zero-order valence-electron chi connectivity index (χ0n) is 11.3. The van der Waals surface area contributed by atoms with Gasteiger partial charge in [-0.05, 0) is 6.07 Å². The minimum Gasteiger partial charge on any atom is -0.320 e. The maximum Gasteiger partial charge on any atom is 0.242 e. The molecule has 0 spiro atoms. The fourth-order valence-corrected chi connectivity index (χ4v) is 2.46. The minimum atomic E-state index is -3.70. The van der Waals surface area contributed by atoms with Crippen LogP contribution in [0.3, 0.4) is 0 Å². The van der Waals surface area contributed by atoms with E-state index in [2.05, 4.69) is 31.6 Å². The maximum atomic E-state index is 12.2. The molecule has 0 saturated carbocycles. The Bertz CT molecular complexity index is 787. The van der Waals surface area contributed by atoms with Crippen molar-refractivity contribution in [1.82, 2.24) is 24.5 Å². The van der Waals surface area contributed by atoms with E-state index in [9.17, 15) is 8.42 Å². The molecule has 0 saturated heterocycles. The molecular weight excluding hydrogens is 292 g/mol. The summed E-state index contributed by atoms with van der Waals surface area (Å²) in [5.41, 5.74) is 5.76. The number of aromatic nitrogens is 4. The first-order valence-corrected chi connectivity index (χ1v) is 7.48. The van der Waals surface area contributed by atoms with Crippen LogP contribution in [0, 0.1) is 11.8 Å². The molecule has 0 unspecified atom stereocenters. The highest BCUT2D eigenvalue weighted by molar-refractivity contribution is 7.89. The van der Waals surface area contributed by atoms with E-state index < -0.39 is 10.0 Å². The topological polar surface area (TPSA) is 116 Å². The second-order valence-corrected chi connectivity index (χ2v) is 5.84. The summed E-state index contributed by atoms with van der Waals surface area (Å²) in [7, 11) is -1.99. The van der Waals surface area contributed by atoms with Gasteiger partial charge in [0.1, 0.15) is 11.2 Å². The first kappa shape index (κ1) is 15.1. The van der Waals surface area contributed by atoms with Gasteiger partial charge in [0.2, 0.25) is 10.0 Å². The van der Waals surface area contributed by atoms with Gasteiger partial charge < -0.3 is 5.73 Å². The number of sulfonamides is 1. The van der Waals surface area contributed by atoms with E-state index in [1.165, 1.54) is 29.5 Å². The minimum absolute atomic E-state index is 0.00186. The molecule has 9 heteroatoms. The highest BCUT2D eigenvalue weighted by Gasteiger charge is 2.15. The molecule has 21 heavy (non-hydrogen) atoms. The van der Waals surface area contributed by atoms with Gasteiger partial charge in [0, 0.05) is 25.0 Å². The van der Waals surface area contributed by atoms with Crippen molar-refractivity contribution in [3.8, 4) is 11.8 Å². The Morgan fingerprint density at radius 1 is 1.43 bits per heavy atom. The standard InChI is InChI=1S/C12H14N6O2S/c1-18-9-15-12(17-18)8-16-21(19,20)11-5-10(3-2-4-13)6-14-7-11/h5-7,9,16H,4,8,13H2,1H3. The van der Waals surface area contributed by atoms with Gasteiger partial charge in [-0.25, -0.2) is 18.1 Å². The lowest BCUT2D eigenvalue weighted by Crippen LogP contribution is -2.24. The number of nitrogens with zero attached hydrogens (tertiary/aromatic N) is 4. The zero-order chi connectivity index (χ0) is 15.3. The number of hydrogen-bond acceptors (Lipinski definition) is 6. The van der Waals surface area contributed by atoms with Crippen LogP contribution in [0.15, 0.2) is 29.7 Å². The molecule has 0 aliphatic carbocycles. The Labute approximate surface area is 122 Å². The summed E-state index contributed by atoms with van der Waals surface area (Å²) in [6.07, 6.45) is 4.22. The molecule has 8 nitrogen and oxygen atoms in total. The highest BCUT2D eigenvalue weighted by atomic mass is 32.2. The SMILES string of the molecule is Cn1cnc(CNS(=O)(=O)c2cncc(C#CCN)c2)n1. The van der Waals surface area contributed by atoms with Gasteiger partial charge in [-0.15, -0.1) is 0 Å². The molecule has 0 amide bonds. The lowest BCUT2D eigenvalue weighted by atomic mass is 10.3. The normalized spacial score (nSPS) is 11.0. The van der Waals surface area contributed by atoms with Gasteiger partial charge in [0.05, 0.1) is 13.1 Å². The van der Waals surface area contributed by atoms with Crippen LogP contribution in [0.4, 0.5) is 0 Å². The summed E-state index contributed by atoms with van der Waals surface area (Å²) in [6.45, 7) is 0.197. The van der Waals surface area contributed by atoms with Crippen LogP contribution < -0.4 is 10.5 Å². The lowest BCUT2D eigenvalue weighted by Gasteiger charge is -2.04. The van der Waals surface area contributed by atoms with Crippen molar-refractivity contribution in [3.63, 3.8) is 0 Å². The number of rotatable bonds is 4. The fraction of sp³-hybridized carbons (Fsp3) is 0.250. The largest absolute Gasteiger partial charge is 0.320 e. The molecule has 0 bridgehead atoms. The third kappa shape index (κ3) is 4.09. The van der Waals surface area contributed by atoms with Crippen molar-refractivity contribution in [2.45, 2.75) is 11.4 Å². The molecule has 2 aromatic rings. The predicted octanol–water partition coefficient (Wildman–Crippen LogP) is -1.00. The van der Waals surface area contributed by atoms with E-state index in [4.69, 9.17) is 5.73 Å². The quantitative estimate of drug-likeness (QED) is 0.700. The van der Waals surface area contributed by atoms with E-state index in [-0.39, 0.29) is 18.0 Å². The smallest absolute Gasteiger partial charge is 0.242 e. The number of pyridine rings is 1. The van der Waals surface area contributed by atoms with Crippen LogP contribution in [-0.4, -0.2) is 34.7 Å². The van der Waals surface area contributed by atoms with Crippen LogP contribution >= 0.6 is 0 Å². The Kier molecular flexibility index (Phi) is 4.64. The Hall–Kier alpha value is -2.28. The van der Waals surface area contributed by atoms with Gasteiger partial charge in [-0.2, -0.15) is 5.10 Å². The molecule has 2 heterocycles.